The lowest BCUT2D eigenvalue weighted by molar-refractivity contribution is 0.122. The van der Waals surface area contributed by atoms with Gasteiger partial charge in [-0.3, -0.25) is 4.90 Å². The first-order valence-corrected chi connectivity index (χ1v) is 13.5. The molecule has 2 saturated heterocycles. The molecule has 0 amide bonds. The third-order valence-corrected chi connectivity index (χ3v) is 8.71. The molecule has 2 N–H and O–H groups in total. The van der Waals surface area contributed by atoms with Gasteiger partial charge in [-0.25, -0.2) is 23.5 Å². The number of hydrogen-bond donors (Lipinski definition) is 1. The number of ether oxygens (including phenoxy) is 1. The fourth-order valence-electron chi connectivity index (χ4n) is 4.32. The number of anilines is 2. The molecule has 5 rings (SSSR count). The second kappa shape index (κ2) is 9.59. The molecule has 9 nitrogen and oxygen atoms in total. The second-order valence-electron chi connectivity index (χ2n) is 8.37. The minimum absolute atomic E-state index is 0.260. The smallest absolute Gasteiger partial charge is 0.163 e. The van der Waals surface area contributed by atoms with Crippen LogP contribution in [-0.2, 0) is 15.7 Å². The van der Waals surface area contributed by atoms with Gasteiger partial charge in [-0.05, 0) is 25.1 Å². The number of pyridine rings is 1. The average molecular weight is 488 g/mol. The van der Waals surface area contributed by atoms with Gasteiger partial charge in [0.1, 0.15) is 5.82 Å². The van der Waals surface area contributed by atoms with Crippen molar-refractivity contribution in [3.63, 3.8) is 0 Å². The zero-order valence-corrected chi connectivity index (χ0v) is 20.6. The molecule has 3 aromatic heterocycles. The predicted octanol–water partition coefficient (Wildman–Crippen LogP) is 2.14. The van der Waals surface area contributed by atoms with Gasteiger partial charge in [0.05, 0.1) is 34.4 Å². The van der Waals surface area contributed by atoms with Crippen molar-refractivity contribution in [2.45, 2.75) is 13.0 Å². The Bertz CT molecular complexity index is 1140. The van der Waals surface area contributed by atoms with E-state index in [2.05, 4.69) is 27.8 Å². The summed E-state index contributed by atoms with van der Waals surface area (Å²) in [6.07, 6.45) is 3.48. The minimum atomic E-state index is -0.903. The molecule has 0 aliphatic carbocycles. The SMILES string of the molecule is CC(c1cc2nc(-c3ccc(N)nc3)nc(N3CCOCC3)c2s1)N1CCN(S(C)=O)CC1. The van der Waals surface area contributed by atoms with E-state index in [1.807, 2.05) is 10.4 Å². The first-order valence-electron chi connectivity index (χ1n) is 11.2. The molecule has 2 aliphatic heterocycles. The molecule has 3 aromatic rings. The highest BCUT2D eigenvalue weighted by Crippen LogP contribution is 2.38. The summed E-state index contributed by atoms with van der Waals surface area (Å²) in [5.74, 6) is 2.10. The number of rotatable bonds is 5. The van der Waals surface area contributed by atoms with Gasteiger partial charge in [-0.1, -0.05) is 0 Å². The summed E-state index contributed by atoms with van der Waals surface area (Å²) in [6, 6.07) is 6.16. The molecule has 0 saturated carbocycles. The van der Waals surface area contributed by atoms with E-state index < -0.39 is 11.0 Å². The maximum atomic E-state index is 11.8. The van der Waals surface area contributed by atoms with Gasteiger partial charge in [0.15, 0.2) is 11.6 Å². The van der Waals surface area contributed by atoms with E-state index in [1.54, 1.807) is 29.9 Å². The summed E-state index contributed by atoms with van der Waals surface area (Å²) in [6.45, 7) is 8.71. The lowest BCUT2D eigenvalue weighted by Gasteiger charge is -2.36. The lowest BCUT2D eigenvalue weighted by Crippen LogP contribution is -2.47. The third-order valence-electron chi connectivity index (χ3n) is 6.32. The van der Waals surface area contributed by atoms with E-state index in [0.29, 0.717) is 24.9 Å². The highest BCUT2D eigenvalue weighted by Gasteiger charge is 2.26. The van der Waals surface area contributed by atoms with Crippen LogP contribution in [0.2, 0.25) is 0 Å². The average Bonchev–Trinajstić information content (AvgIpc) is 3.28. The number of nitrogen functional groups attached to an aromatic ring is 1. The molecule has 2 unspecified atom stereocenters. The number of morpholine rings is 1. The Kier molecular flexibility index (Phi) is 6.57. The monoisotopic (exact) mass is 487 g/mol. The van der Waals surface area contributed by atoms with E-state index in [0.717, 1.165) is 60.9 Å². The van der Waals surface area contributed by atoms with Crippen LogP contribution < -0.4 is 10.6 Å². The zero-order chi connectivity index (χ0) is 22.9. The van der Waals surface area contributed by atoms with Crippen molar-refractivity contribution in [1.29, 1.82) is 0 Å². The Morgan fingerprint density at radius 2 is 1.88 bits per heavy atom. The second-order valence-corrected chi connectivity index (χ2v) is 10.8. The van der Waals surface area contributed by atoms with Crippen LogP contribution in [0.25, 0.3) is 21.6 Å². The van der Waals surface area contributed by atoms with Crippen LogP contribution in [-0.4, -0.2) is 87.1 Å². The molecular weight excluding hydrogens is 458 g/mol. The van der Waals surface area contributed by atoms with Gasteiger partial charge in [0.25, 0.3) is 0 Å². The molecule has 0 radical (unpaired) electrons. The molecule has 2 aliphatic rings. The predicted molar refractivity (Wildman–Crippen MR) is 134 cm³/mol. The van der Waals surface area contributed by atoms with Crippen molar-refractivity contribution >= 4 is 44.2 Å². The van der Waals surface area contributed by atoms with Crippen molar-refractivity contribution in [2.24, 2.45) is 0 Å². The first kappa shape index (κ1) is 22.6. The number of nitrogens with zero attached hydrogens (tertiary/aromatic N) is 6. The standard InChI is InChI=1S/C22H29N7O2S2/c1-15(27-5-7-29(8-6-27)33(2)30)18-13-17-20(32-18)22(28-9-11-31-12-10-28)26-21(25-17)16-3-4-19(23)24-14-16/h3-4,13-15H,5-12H2,1-2H3,(H2,23,24). The molecule has 0 spiro atoms. The number of fused-ring (bicyclic) bond motifs is 1. The molecule has 176 valence electrons. The number of piperazine rings is 1. The van der Waals surface area contributed by atoms with E-state index in [9.17, 15) is 4.21 Å². The van der Waals surface area contributed by atoms with Crippen molar-refractivity contribution in [1.82, 2.24) is 24.2 Å². The van der Waals surface area contributed by atoms with Crippen LogP contribution in [0.1, 0.15) is 17.8 Å². The van der Waals surface area contributed by atoms with Crippen molar-refractivity contribution < 1.29 is 8.95 Å². The summed E-state index contributed by atoms with van der Waals surface area (Å²) in [7, 11) is -0.903. The Morgan fingerprint density at radius 3 is 2.55 bits per heavy atom. The van der Waals surface area contributed by atoms with Crippen LogP contribution in [0.15, 0.2) is 24.4 Å². The summed E-state index contributed by atoms with van der Waals surface area (Å²) in [5.41, 5.74) is 7.59. The minimum Gasteiger partial charge on any atom is -0.384 e. The summed E-state index contributed by atoms with van der Waals surface area (Å²) in [4.78, 5) is 20.1. The Balaban J connectivity index is 1.50. The number of thiophene rings is 1. The van der Waals surface area contributed by atoms with Crippen LogP contribution in [0.5, 0.6) is 0 Å². The van der Waals surface area contributed by atoms with Gasteiger partial charge in [0, 0.05) is 68.2 Å². The third kappa shape index (κ3) is 4.73. The Labute approximate surface area is 200 Å². The Hall–Kier alpha value is -2.18. The zero-order valence-electron chi connectivity index (χ0n) is 18.9. The van der Waals surface area contributed by atoms with Gasteiger partial charge >= 0.3 is 0 Å². The first-order chi connectivity index (χ1) is 16.0. The summed E-state index contributed by atoms with van der Waals surface area (Å²) in [5, 5.41) is 0. The topological polar surface area (TPSA) is 101 Å². The van der Waals surface area contributed by atoms with Gasteiger partial charge in [-0.2, -0.15) is 0 Å². The Morgan fingerprint density at radius 1 is 1.12 bits per heavy atom. The fraction of sp³-hybridized carbons (Fsp3) is 0.500. The van der Waals surface area contributed by atoms with Crippen LogP contribution in [0.4, 0.5) is 11.6 Å². The largest absolute Gasteiger partial charge is 0.384 e. The lowest BCUT2D eigenvalue weighted by atomic mass is 10.2. The molecule has 0 bridgehead atoms. The molecule has 0 aromatic carbocycles. The van der Waals surface area contributed by atoms with Gasteiger partial charge in [0.2, 0.25) is 0 Å². The van der Waals surface area contributed by atoms with Crippen LogP contribution in [0, 0.1) is 0 Å². The maximum absolute atomic E-state index is 11.8. The van der Waals surface area contributed by atoms with Crippen molar-refractivity contribution in [3.8, 4) is 11.4 Å². The number of aromatic nitrogens is 3. The molecule has 2 fully saturated rings. The highest BCUT2D eigenvalue weighted by atomic mass is 32.2. The molecule has 2 atom stereocenters. The molecule has 5 heterocycles. The fourth-order valence-corrected chi connectivity index (χ4v) is 6.20. The van der Waals surface area contributed by atoms with E-state index in [1.165, 1.54) is 4.88 Å². The van der Waals surface area contributed by atoms with Crippen molar-refractivity contribution in [3.05, 3.63) is 29.3 Å². The van der Waals surface area contributed by atoms with Crippen LogP contribution >= 0.6 is 11.3 Å². The quantitative estimate of drug-likeness (QED) is 0.584. The maximum Gasteiger partial charge on any atom is 0.163 e. The normalized spacial score (nSPS) is 20.2. The number of nitrogens with two attached hydrogens (primary N) is 1. The number of hydrogen-bond acceptors (Lipinski definition) is 9. The summed E-state index contributed by atoms with van der Waals surface area (Å²) >= 11 is 1.77. The summed E-state index contributed by atoms with van der Waals surface area (Å²) < 4.78 is 20.5. The van der Waals surface area contributed by atoms with Gasteiger partial charge < -0.3 is 15.4 Å². The van der Waals surface area contributed by atoms with Crippen molar-refractivity contribution in [2.75, 3.05) is 69.4 Å². The van der Waals surface area contributed by atoms with E-state index in [4.69, 9.17) is 20.4 Å². The molecule has 11 heteroatoms. The van der Waals surface area contributed by atoms with Gasteiger partial charge in [-0.15, -0.1) is 11.3 Å². The van der Waals surface area contributed by atoms with E-state index in [-0.39, 0.29) is 6.04 Å². The van der Waals surface area contributed by atoms with Crippen LogP contribution in [0.3, 0.4) is 0 Å². The molecule has 33 heavy (non-hydrogen) atoms. The molecular formula is C22H29N7O2S2. The van der Waals surface area contributed by atoms with E-state index >= 15 is 0 Å². The highest BCUT2D eigenvalue weighted by molar-refractivity contribution is 7.81.